The lowest BCUT2D eigenvalue weighted by atomic mass is 9.95. The van der Waals surface area contributed by atoms with Crippen molar-refractivity contribution in [1.82, 2.24) is 19.8 Å². The highest BCUT2D eigenvalue weighted by atomic mass is 19.1. The lowest BCUT2D eigenvalue weighted by Gasteiger charge is -2.39. The fourth-order valence-corrected chi connectivity index (χ4v) is 6.83. The zero-order chi connectivity index (χ0) is 29.4. The molecule has 8 nitrogen and oxygen atoms in total. The average molecular weight is 569 g/mol. The molecular formula is C33H37FN6O2. The summed E-state index contributed by atoms with van der Waals surface area (Å²) in [7, 11) is 2.08. The van der Waals surface area contributed by atoms with Crippen molar-refractivity contribution in [3.8, 4) is 17.1 Å². The van der Waals surface area contributed by atoms with Crippen LogP contribution in [-0.4, -0.2) is 84.1 Å². The largest absolute Gasteiger partial charge is 0.462 e. The van der Waals surface area contributed by atoms with E-state index in [1.807, 2.05) is 29.2 Å². The highest BCUT2D eigenvalue weighted by Crippen LogP contribution is 2.39. The number of likely N-dealkylation sites (tertiary alicyclic amines) is 1. The van der Waals surface area contributed by atoms with Crippen molar-refractivity contribution in [2.45, 2.75) is 44.7 Å². The second-order valence-electron chi connectivity index (χ2n) is 11.9. The number of rotatable bonds is 7. The highest BCUT2D eigenvalue weighted by Gasteiger charge is 2.34. The third-order valence-corrected chi connectivity index (χ3v) is 9.07. The zero-order valence-electron chi connectivity index (χ0n) is 24.4. The first-order valence-corrected chi connectivity index (χ1v) is 14.8. The smallest absolute Gasteiger partial charge is 0.319 e. The molecule has 9 heteroatoms. The van der Waals surface area contributed by atoms with Gasteiger partial charge in [0.2, 0.25) is 12.5 Å². The lowest BCUT2D eigenvalue weighted by molar-refractivity contribution is -0.128. The van der Waals surface area contributed by atoms with Gasteiger partial charge in [-0.1, -0.05) is 37.8 Å². The number of fused-ring (bicyclic) bond motifs is 2. The van der Waals surface area contributed by atoms with E-state index in [0.29, 0.717) is 48.9 Å². The van der Waals surface area contributed by atoms with Gasteiger partial charge in [0, 0.05) is 36.6 Å². The number of halogens is 1. The molecule has 0 spiro atoms. The van der Waals surface area contributed by atoms with Gasteiger partial charge in [-0.15, -0.1) is 0 Å². The summed E-state index contributed by atoms with van der Waals surface area (Å²) in [6.07, 6.45) is 5.37. The predicted molar refractivity (Wildman–Crippen MR) is 162 cm³/mol. The van der Waals surface area contributed by atoms with E-state index in [2.05, 4.69) is 41.3 Å². The molecule has 2 saturated heterocycles. The standard InChI is InChI=1S/C33H37FN6O2/c1-5-29(41)40-15-14-39(19-24(40)18-35-3)32-27-12-11-26(25-10-6-8-22-16-21(2)17-28(22)25)30(34)31(27)36-33(37-32)42-20-23-9-7-13-38(23)4/h5-6,8,10-12,21,23-24H,1,7,9,13-20H2,2,4H3/t21?,23-,24-/m0/s1. The average Bonchev–Trinajstić information content (AvgIpc) is 3.59. The summed E-state index contributed by atoms with van der Waals surface area (Å²) in [5.74, 6) is 0.515. The second-order valence-corrected chi connectivity index (χ2v) is 11.9. The number of carbonyl (C=O) groups is 1. The van der Waals surface area contributed by atoms with Crippen molar-refractivity contribution in [2.75, 3.05) is 51.3 Å². The molecule has 2 aromatic carbocycles. The quantitative estimate of drug-likeness (QED) is 0.302. The summed E-state index contributed by atoms with van der Waals surface area (Å²) >= 11 is 0. The maximum Gasteiger partial charge on any atom is 0.319 e. The topological polar surface area (TPSA) is 66.2 Å². The van der Waals surface area contributed by atoms with Crippen molar-refractivity contribution in [2.24, 2.45) is 5.92 Å². The molecule has 3 heterocycles. The summed E-state index contributed by atoms with van der Waals surface area (Å²) in [6.45, 7) is 16.2. The SMILES string of the molecule is [C-]#[N+]C[C@H]1CN(c2nc(OC[C@@H]3CCCN3C)nc3c(F)c(-c4cccc5c4CC(C)C5)ccc23)CCN1C(=O)C=C. The molecular weight excluding hydrogens is 531 g/mol. The summed E-state index contributed by atoms with van der Waals surface area (Å²) in [6, 6.07) is 9.97. The van der Waals surface area contributed by atoms with Crippen molar-refractivity contribution >= 4 is 22.6 Å². The van der Waals surface area contributed by atoms with Gasteiger partial charge in [0.1, 0.15) is 24.0 Å². The first-order valence-electron chi connectivity index (χ1n) is 14.8. The molecule has 0 radical (unpaired) electrons. The van der Waals surface area contributed by atoms with E-state index in [1.54, 1.807) is 4.90 Å². The molecule has 3 atom stereocenters. The van der Waals surface area contributed by atoms with Gasteiger partial charge in [0.25, 0.3) is 0 Å². The minimum Gasteiger partial charge on any atom is -0.462 e. The lowest BCUT2D eigenvalue weighted by Crippen LogP contribution is -2.56. The third-order valence-electron chi connectivity index (χ3n) is 9.07. The summed E-state index contributed by atoms with van der Waals surface area (Å²) in [5.41, 5.74) is 4.17. The van der Waals surface area contributed by atoms with Gasteiger partial charge in [-0.05, 0) is 74.0 Å². The highest BCUT2D eigenvalue weighted by molar-refractivity contribution is 5.94. The van der Waals surface area contributed by atoms with Gasteiger partial charge in [-0.3, -0.25) is 4.79 Å². The number of hydrogen-bond donors (Lipinski definition) is 0. The van der Waals surface area contributed by atoms with Crippen LogP contribution in [0.3, 0.4) is 0 Å². The van der Waals surface area contributed by atoms with E-state index in [1.165, 1.54) is 17.2 Å². The molecule has 0 N–H and O–H groups in total. The minimum atomic E-state index is -0.384. The van der Waals surface area contributed by atoms with Crippen molar-refractivity contribution in [1.29, 1.82) is 0 Å². The Morgan fingerprint density at radius 3 is 2.79 bits per heavy atom. The monoisotopic (exact) mass is 568 g/mol. The molecule has 3 aliphatic rings. The van der Waals surface area contributed by atoms with Crippen LogP contribution >= 0.6 is 0 Å². The molecule has 0 saturated carbocycles. The molecule has 2 aliphatic heterocycles. The van der Waals surface area contributed by atoms with Gasteiger partial charge >= 0.3 is 6.01 Å². The number of benzene rings is 2. The van der Waals surface area contributed by atoms with Gasteiger partial charge < -0.3 is 24.3 Å². The van der Waals surface area contributed by atoms with Crippen molar-refractivity contribution < 1.29 is 13.9 Å². The zero-order valence-corrected chi connectivity index (χ0v) is 24.4. The Kier molecular flexibility index (Phi) is 7.82. The number of ether oxygens (including phenoxy) is 1. The fraction of sp³-hybridized carbons (Fsp3) is 0.455. The van der Waals surface area contributed by atoms with E-state index in [4.69, 9.17) is 16.3 Å². The van der Waals surface area contributed by atoms with E-state index in [-0.39, 0.29) is 41.9 Å². The Balaban J connectivity index is 1.42. The molecule has 1 aromatic heterocycles. The van der Waals surface area contributed by atoms with Crippen molar-refractivity contribution in [3.63, 3.8) is 0 Å². The van der Waals surface area contributed by atoms with Crippen molar-refractivity contribution in [3.05, 3.63) is 71.3 Å². The van der Waals surface area contributed by atoms with Crippen LogP contribution in [0, 0.1) is 18.3 Å². The third kappa shape index (κ3) is 5.20. The molecule has 6 rings (SSSR count). The second kappa shape index (κ2) is 11.7. The molecule has 1 aliphatic carbocycles. The number of likely N-dealkylation sites (N-methyl/N-ethyl adjacent to an activating group) is 1. The first kappa shape index (κ1) is 28.1. The fourth-order valence-electron chi connectivity index (χ4n) is 6.83. The first-order chi connectivity index (χ1) is 20.4. The number of anilines is 1. The Bertz CT molecular complexity index is 1570. The molecule has 0 bridgehead atoms. The molecule has 1 amide bonds. The van der Waals surface area contributed by atoms with E-state index < -0.39 is 0 Å². The van der Waals surface area contributed by atoms with Gasteiger partial charge in [0.05, 0.1) is 0 Å². The molecule has 218 valence electrons. The van der Waals surface area contributed by atoms with Crippen LogP contribution in [0.15, 0.2) is 43.0 Å². The molecule has 3 aromatic rings. The van der Waals surface area contributed by atoms with E-state index in [9.17, 15) is 4.79 Å². The van der Waals surface area contributed by atoms with E-state index >= 15 is 4.39 Å². The van der Waals surface area contributed by atoms with Crippen LogP contribution in [-0.2, 0) is 17.6 Å². The van der Waals surface area contributed by atoms with Crippen LogP contribution in [0.4, 0.5) is 10.2 Å². The van der Waals surface area contributed by atoms with Gasteiger partial charge in [-0.25, -0.2) is 11.0 Å². The summed E-state index contributed by atoms with van der Waals surface area (Å²) in [5, 5.41) is 0.590. The number of nitrogens with zero attached hydrogens (tertiary/aromatic N) is 6. The Morgan fingerprint density at radius 1 is 1.17 bits per heavy atom. The minimum absolute atomic E-state index is 0.145. The van der Waals surface area contributed by atoms with Gasteiger partial charge in [-0.2, -0.15) is 9.97 Å². The number of piperazine rings is 1. The van der Waals surface area contributed by atoms with Crippen LogP contribution in [0.1, 0.15) is 30.9 Å². The van der Waals surface area contributed by atoms with Gasteiger partial charge in [0.15, 0.2) is 5.82 Å². The molecule has 42 heavy (non-hydrogen) atoms. The summed E-state index contributed by atoms with van der Waals surface area (Å²) < 4.78 is 22.7. The number of carbonyl (C=O) groups excluding carboxylic acids is 1. The van der Waals surface area contributed by atoms with E-state index in [0.717, 1.165) is 37.8 Å². The molecule has 2 fully saturated rings. The van der Waals surface area contributed by atoms with Crippen LogP contribution < -0.4 is 9.64 Å². The van der Waals surface area contributed by atoms with Crippen LogP contribution in [0.5, 0.6) is 6.01 Å². The molecule has 1 unspecified atom stereocenters. The predicted octanol–water partition coefficient (Wildman–Crippen LogP) is 4.77. The maximum absolute atomic E-state index is 16.6. The summed E-state index contributed by atoms with van der Waals surface area (Å²) in [4.78, 5) is 31.5. The number of aromatic nitrogens is 2. The van der Waals surface area contributed by atoms with Crippen LogP contribution in [0.25, 0.3) is 26.9 Å². The maximum atomic E-state index is 16.6. The Labute approximate surface area is 246 Å². The number of hydrogen-bond acceptors (Lipinski definition) is 6. The normalized spacial score (nSPS) is 22.3. The Hall–Kier alpha value is -4.03. The number of amides is 1. The van der Waals surface area contributed by atoms with Crippen LogP contribution in [0.2, 0.25) is 0 Å². The Morgan fingerprint density at radius 2 is 2.02 bits per heavy atom.